The number of carbonyl (C=O) groups is 1. The molecule has 5 N–H and O–H groups in total. The molecule has 0 heterocycles. The van der Waals surface area contributed by atoms with Crippen molar-refractivity contribution in [1.29, 1.82) is 0 Å². The fourth-order valence-corrected chi connectivity index (χ4v) is 0.671. The Labute approximate surface area is 73.6 Å². The third-order valence-corrected chi connectivity index (χ3v) is 1.34. The Kier molecular flexibility index (Phi) is 18.5. The van der Waals surface area contributed by atoms with Gasteiger partial charge in [-0.2, -0.15) is 0 Å². The smallest absolute Gasteiger partial charge is 0.249 e. The van der Waals surface area contributed by atoms with E-state index in [2.05, 4.69) is 25.7 Å². The van der Waals surface area contributed by atoms with E-state index < -0.39 is 6.16 Å². The van der Waals surface area contributed by atoms with Crippen molar-refractivity contribution in [2.24, 2.45) is 0 Å². The molecule has 0 rings (SSSR count). The minimum absolute atomic E-state index is 0. The number of rotatable bonds is 3. The lowest BCUT2D eigenvalue weighted by Gasteiger charge is -2.13. The van der Waals surface area contributed by atoms with Crippen LogP contribution in [0.5, 0.6) is 0 Å². The Hall–Kier alpha value is -0.810. The maximum absolute atomic E-state index is 8.44. The van der Waals surface area contributed by atoms with Crippen LogP contribution in [-0.4, -0.2) is 35.8 Å². The third kappa shape index (κ3) is 22.9. The van der Waals surface area contributed by atoms with E-state index in [9.17, 15) is 0 Å². The molecule has 0 aromatic heterocycles. The average molecular weight is 180 g/mol. The van der Waals surface area contributed by atoms with E-state index >= 15 is 0 Å². The van der Waals surface area contributed by atoms with Crippen molar-refractivity contribution in [3.8, 4) is 0 Å². The highest BCUT2D eigenvalue weighted by Gasteiger charge is 1.89. The second-order valence-electron chi connectivity index (χ2n) is 1.89. The van der Waals surface area contributed by atoms with E-state index in [0.29, 0.717) is 0 Å². The molecule has 0 aliphatic carbocycles. The van der Waals surface area contributed by atoms with Gasteiger partial charge in [-0.15, -0.1) is 0 Å². The Morgan fingerprint density at radius 2 is 1.42 bits per heavy atom. The number of quaternary nitrogens is 1. The molecule has 12 heavy (non-hydrogen) atoms. The molecule has 76 valence electrons. The molecule has 5 nitrogen and oxygen atoms in total. The first-order chi connectivity index (χ1) is 5.08. The van der Waals surface area contributed by atoms with Crippen molar-refractivity contribution < 1.29 is 15.0 Å². The van der Waals surface area contributed by atoms with Crippen molar-refractivity contribution in [2.45, 2.75) is 20.8 Å². The molecular formula is C7H20N2O3. The van der Waals surface area contributed by atoms with E-state index in [1.807, 2.05) is 0 Å². The van der Waals surface area contributed by atoms with Crippen LogP contribution in [0.4, 0.5) is 4.79 Å². The summed E-state index contributed by atoms with van der Waals surface area (Å²) in [4.78, 5) is 10.8. The lowest BCUT2D eigenvalue weighted by molar-refractivity contribution is -0.275. The second kappa shape index (κ2) is 12.8. The van der Waals surface area contributed by atoms with Gasteiger partial charge in [0.15, 0.2) is 0 Å². The molecule has 0 aliphatic heterocycles. The molecule has 0 aliphatic rings. The summed E-state index contributed by atoms with van der Waals surface area (Å²) in [7, 11) is 0. The highest BCUT2D eigenvalue weighted by molar-refractivity contribution is 5.50. The molecule has 0 amide bonds. The first-order valence-corrected chi connectivity index (χ1v) is 3.70. The fourth-order valence-electron chi connectivity index (χ4n) is 0.671. The Bertz CT molecular complexity index is 85.1. The van der Waals surface area contributed by atoms with Gasteiger partial charge in [0.1, 0.15) is 0 Å². The van der Waals surface area contributed by atoms with Gasteiger partial charge in [0, 0.05) is 0 Å². The van der Waals surface area contributed by atoms with Crippen LogP contribution in [0.15, 0.2) is 0 Å². The molecule has 0 saturated carbocycles. The lowest BCUT2D eigenvalue weighted by Crippen LogP contribution is -2.21. The minimum Gasteiger partial charge on any atom is -0.565 e. The van der Waals surface area contributed by atoms with E-state index in [0.717, 1.165) is 0 Å². The maximum Gasteiger partial charge on any atom is 0.249 e. The van der Waals surface area contributed by atoms with Gasteiger partial charge in [-0.1, -0.05) is 20.8 Å². The maximum atomic E-state index is 8.44. The Balaban J connectivity index is -0.000000142. The van der Waals surface area contributed by atoms with Crippen molar-refractivity contribution in [2.75, 3.05) is 19.6 Å². The molecule has 0 bridgehead atoms. The number of hydrogen-bond acceptors (Lipinski definition) is 3. The second-order valence-corrected chi connectivity index (χ2v) is 1.89. The first kappa shape index (κ1) is 17.3. The first-order valence-electron chi connectivity index (χ1n) is 3.70. The van der Waals surface area contributed by atoms with E-state index in [1.165, 1.54) is 19.6 Å². The summed E-state index contributed by atoms with van der Waals surface area (Å²) in [5.74, 6) is 0. The summed E-state index contributed by atoms with van der Waals surface area (Å²) >= 11 is 0. The largest absolute Gasteiger partial charge is 0.565 e. The SMILES string of the molecule is CCN(CC)CC.O=C([O-])O.[NH4+]. The lowest BCUT2D eigenvalue weighted by atomic mass is 10.5. The normalized spacial score (nSPS) is 8.00. The summed E-state index contributed by atoms with van der Waals surface area (Å²) in [5, 5.41) is 15.3. The quantitative estimate of drug-likeness (QED) is 0.664. The highest BCUT2D eigenvalue weighted by atomic mass is 16.6. The van der Waals surface area contributed by atoms with Gasteiger partial charge in [0.2, 0.25) is 6.16 Å². The van der Waals surface area contributed by atoms with Crippen molar-refractivity contribution >= 4 is 6.16 Å². The van der Waals surface area contributed by atoms with Crippen LogP contribution in [0.25, 0.3) is 0 Å². The standard InChI is InChI=1S/C6H15N.CH2O3.H3N/c1-4-7(5-2)6-3;2-1(3)4;/h4-6H2,1-3H3;(H2,2,3,4);1H3. The zero-order valence-corrected chi connectivity index (χ0v) is 8.33. The molecule has 5 heteroatoms. The van der Waals surface area contributed by atoms with Crippen LogP contribution in [-0.2, 0) is 0 Å². The summed E-state index contributed by atoms with van der Waals surface area (Å²) in [6.45, 7) is 10.1. The topological polar surface area (TPSA) is 100 Å². The van der Waals surface area contributed by atoms with E-state index in [-0.39, 0.29) is 6.15 Å². The Morgan fingerprint density at radius 1 is 1.25 bits per heavy atom. The van der Waals surface area contributed by atoms with Crippen molar-refractivity contribution in [1.82, 2.24) is 11.1 Å². The number of nitrogens with zero attached hydrogens (tertiary/aromatic N) is 1. The molecule has 0 atom stereocenters. The number of hydrogen-bond donors (Lipinski definition) is 2. The minimum atomic E-state index is -2.08. The molecule has 0 aromatic carbocycles. The van der Waals surface area contributed by atoms with Gasteiger partial charge >= 0.3 is 0 Å². The predicted octanol–water partition coefficient (Wildman–Crippen LogP) is 0.612. The molecule has 0 saturated heterocycles. The van der Waals surface area contributed by atoms with Gasteiger partial charge in [-0.05, 0) is 19.6 Å². The molecule has 0 aromatic rings. The Morgan fingerprint density at radius 3 is 1.42 bits per heavy atom. The molecule has 0 unspecified atom stereocenters. The molecule has 0 spiro atoms. The van der Waals surface area contributed by atoms with Crippen LogP contribution in [0, 0.1) is 0 Å². The van der Waals surface area contributed by atoms with Gasteiger partial charge < -0.3 is 26.1 Å². The zero-order valence-electron chi connectivity index (χ0n) is 8.33. The van der Waals surface area contributed by atoms with Gasteiger partial charge in [-0.3, -0.25) is 0 Å². The van der Waals surface area contributed by atoms with Crippen LogP contribution in [0.2, 0.25) is 0 Å². The third-order valence-electron chi connectivity index (χ3n) is 1.34. The zero-order chi connectivity index (χ0) is 9.28. The summed E-state index contributed by atoms with van der Waals surface area (Å²) < 4.78 is 0. The van der Waals surface area contributed by atoms with Gasteiger partial charge in [0.05, 0.1) is 0 Å². The van der Waals surface area contributed by atoms with Crippen LogP contribution in [0.1, 0.15) is 20.8 Å². The fraction of sp³-hybridized carbons (Fsp3) is 0.857. The van der Waals surface area contributed by atoms with Gasteiger partial charge in [-0.25, -0.2) is 0 Å². The number of carboxylic acid groups (broad SMARTS) is 2. The highest BCUT2D eigenvalue weighted by Crippen LogP contribution is 1.81. The van der Waals surface area contributed by atoms with Crippen molar-refractivity contribution in [3.05, 3.63) is 0 Å². The van der Waals surface area contributed by atoms with Crippen LogP contribution < -0.4 is 11.3 Å². The molecular weight excluding hydrogens is 160 g/mol. The van der Waals surface area contributed by atoms with Gasteiger partial charge in [0.25, 0.3) is 0 Å². The molecule has 0 radical (unpaired) electrons. The van der Waals surface area contributed by atoms with Crippen LogP contribution in [0.3, 0.4) is 0 Å². The summed E-state index contributed by atoms with van der Waals surface area (Å²) in [6.07, 6.45) is -2.08. The van der Waals surface area contributed by atoms with Crippen LogP contribution >= 0.6 is 0 Å². The monoisotopic (exact) mass is 180 g/mol. The summed E-state index contributed by atoms with van der Waals surface area (Å²) in [6, 6.07) is 0. The van der Waals surface area contributed by atoms with E-state index in [1.54, 1.807) is 0 Å². The van der Waals surface area contributed by atoms with Crippen molar-refractivity contribution in [3.63, 3.8) is 0 Å². The predicted molar refractivity (Wildman–Crippen MR) is 47.5 cm³/mol. The van der Waals surface area contributed by atoms with E-state index in [4.69, 9.17) is 15.0 Å². The molecule has 0 fully saturated rings. The average Bonchev–Trinajstić information content (AvgIpc) is 1.90. The summed E-state index contributed by atoms with van der Waals surface area (Å²) in [5.41, 5.74) is 0.